The lowest BCUT2D eigenvalue weighted by Gasteiger charge is -2.37. The summed E-state index contributed by atoms with van der Waals surface area (Å²) in [5.41, 5.74) is -1.50. The number of amides is 4. The maximum atomic E-state index is 15.0. The van der Waals surface area contributed by atoms with E-state index in [1.165, 1.54) is 4.90 Å². The van der Waals surface area contributed by atoms with Gasteiger partial charge in [-0.15, -0.1) is 0 Å². The van der Waals surface area contributed by atoms with Gasteiger partial charge in [0, 0.05) is 36.2 Å². The van der Waals surface area contributed by atoms with Gasteiger partial charge in [0.15, 0.2) is 0 Å². The molecule has 4 fully saturated rings. The van der Waals surface area contributed by atoms with Gasteiger partial charge in [-0.25, -0.2) is 18.2 Å². The van der Waals surface area contributed by atoms with E-state index in [-0.39, 0.29) is 43.4 Å². The van der Waals surface area contributed by atoms with Crippen LogP contribution in [0.4, 0.5) is 10.5 Å². The fraction of sp³-hybridized carbons (Fsp3) is 0.667. The van der Waals surface area contributed by atoms with Gasteiger partial charge in [-0.05, 0) is 110 Å². The number of ether oxygens (including phenoxy) is 4. The van der Waals surface area contributed by atoms with E-state index in [1.54, 1.807) is 41.0 Å². The van der Waals surface area contributed by atoms with Crippen molar-refractivity contribution in [1.29, 1.82) is 0 Å². The van der Waals surface area contributed by atoms with Crippen molar-refractivity contribution in [3.8, 4) is 11.6 Å². The second kappa shape index (κ2) is 17.1. The maximum Gasteiger partial charge on any atom is 0.408 e. The minimum absolute atomic E-state index is 0.000795. The van der Waals surface area contributed by atoms with Crippen molar-refractivity contribution in [2.75, 3.05) is 31.6 Å². The molecule has 2 aliphatic carbocycles. The van der Waals surface area contributed by atoms with Crippen molar-refractivity contribution in [3.63, 3.8) is 0 Å². The van der Waals surface area contributed by atoms with Crippen molar-refractivity contribution in [1.82, 2.24) is 25.2 Å². The van der Waals surface area contributed by atoms with Crippen LogP contribution in [0.3, 0.4) is 0 Å². The molecule has 0 spiro atoms. The fourth-order valence-corrected chi connectivity index (χ4v) is 10.5. The van der Waals surface area contributed by atoms with E-state index in [4.69, 9.17) is 23.9 Å². The fourth-order valence-electron chi connectivity index (χ4n) is 9.22. The number of rotatable bonds is 8. The first-order valence-corrected chi connectivity index (χ1v) is 23.5. The van der Waals surface area contributed by atoms with Crippen molar-refractivity contribution >= 4 is 50.3 Å². The number of sulfonamides is 1. The van der Waals surface area contributed by atoms with Crippen LogP contribution >= 0.6 is 0 Å². The summed E-state index contributed by atoms with van der Waals surface area (Å²) in [6.45, 7) is 16.1. The molecule has 2 saturated carbocycles. The molecule has 1 aromatic carbocycles. The first kappa shape index (κ1) is 45.4. The lowest BCUT2D eigenvalue weighted by atomic mass is 9.88. The van der Waals surface area contributed by atoms with Gasteiger partial charge >= 0.3 is 6.09 Å². The molecule has 3 N–H and O–H groups in total. The average molecular weight is 881 g/mol. The van der Waals surface area contributed by atoms with Gasteiger partial charge < -0.3 is 39.4 Å². The van der Waals surface area contributed by atoms with Gasteiger partial charge in [0.25, 0.3) is 5.91 Å². The maximum absolute atomic E-state index is 15.0. The molecule has 340 valence electrons. The third-order valence-electron chi connectivity index (χ3n) is 13.0. The largest absolute Gasteiger partial charge is 0.497 e. The zero-order valence-corrected chi connectivity index (χ0v) is 38.3. The van der Waals surface area contributed by atoms with Crippen LogP contribution in [0.15, 0.2) is 36.5 Å². The lowest BCUT2D eigenvalue weighted by molar-refractivity contribution is -0.142. The Hall–Kier alpha value is -4.64. The van der Waals surface area contributed by atoms with Crippen LogP contribution in [0.25, 0.3) is 10.8 Å². The molecule has 2 unspecified atom stereocenters. The third-order valence-corrected chi connectivity index (χ3v) is 15.2. The number of alkyl carbamates (subject to hydrolysis) is 1. The molecule has 7 rings (SSSR count). The number of anilines is 1. The Kier molecular flexibility index (Phi) is 12.6. The molecule has 2 aromatic rings. The summed E-state index contributed by atoms with van der Waals surface area (Å²) in [6.07, 6.45) is 7.19. The topological polar surface area (TPSA) is 195 Å². The summed E-state index contributed by atoms with van der Waals surface area (Å²) in [5.74, 6) is -1.67. The number of carbonyl (C=O) groups excluding carboxylic acids is 4. The third kappa shape index (κ3) is 9.63. The van der Waals surface area contributed by atoms with Crippen LogP contribution in [-0.2, 0) is 33.9 Å². The highest BCUT2D eigenvalue weighted by Crippen LogP contribution is 2.48. The highest BCUT2D eigenvalue weighted by atomic mass is 32.2. The number of pyridine rings is 1. The smallest absolute Gasteiger partial charge is 0.408 e. The summed E-state index contributed by atoms with van der Waals surface area (Å²) in [6, 6.07) is 3.41. The van der Waals surface area contributed by atoms with Crippen LogP contribution in [0.1, 0.15) is 100 Å². The van der Waals surface area contributed by atoms with Gasteiger partial charge in [0.2, 0.25) is 27.7 Å². The summed E-state index contributed by atoms with van der Waals surface area (Å²) in [5, 5.41) is 7.32. The molecule has 0 bridgehead atoms. The summed E-state index contributed by atoms with van der Waals surface area (Å²) in [7, 11) is -2.42. The molecule has 3 aliphatic heterocycles. The lowest BCUT2D eigenvalue weighted by Crippen LogP contribution is -2.59. The van der Waals surface area contributed by atoms with Crippen LogP contribution in [-0.4, -0.2) is 115 Å². The number of allylic oxidation sites excluding steroid dienone is 1. The van der Waals surface area contributed by atoms with E-state index < -0.39 is 73.8 Å². The first-order valence-electron chi connectivity index (χ1n) is 22.0. The normalized spacial score (nSPS) is 32.0. The Morgan fingerprint density at radius 3 is 2.39 bits per heavy atom. The van der Waals surface area contributed by atoms with Crippen LogP contribution in [0, 0.1) is 17.8 Å². The standard InChI is InChI=1S/C45H64N6O10S/c1-26-12-10-11-13-30-21-45(30,41(54)49-62(56,57)44(8)16-17-44)48-38(52)35-20-32(25-51(35)40(53)37(27(2)18-26)47-42(55)61-43(5,6)7)60-39-33-15-14-31(58-9)19-34(33)36(22-46-39)50-23-28(3)59-29(4)24-50/h11,13-15,19,22,26-30,32,35,37H,10,12,16-18,20-21,23-25H2,1-9H3,(H,47,55)(H,48,52)(H,49,54)/b13-11-/t26-,27-,28?,29?,30-,32-,35+,37+,45-/m1/s1. The number of carbonyl (C=O) groups is 4. The first-order chi connectivity index (χ1) is 29.1. The average Bonchev–Trinajstić information content (AvgIpc) is 4.07. The molecule has 4 amide bonds. The van der Waals surface area contributed by atoms with Crippen molar-refractivity contribution in [3.05, 3.63) is 36.5 Å². The van der Waals surface area contributed by atoms with Gasteiger partial charge in [0.05, 0.1) is 42.5 Å². The number of methoxy groups -OCH3 is 1. The molecule has 1 aromatic heterocycles. The number of hydrogen-bond donors (Lipinski definition) is 3. The number of morpholine rings is 1. The second-order valence-corrected chi connectivity index (χ2v) is 21.8. The molecule has 16 nitrogen and oxygen atoms in total. The number of aromatic nitrogens is 1. The van der Waals surface area contributed by atoms with E-state index in [9.17, 15) is 27.6 Å². The molecular formula is C45H64N6O10S. The zero-order valence-electron chi connectivity index (χ0n) is 37.5. The molecule has 5 aliphatic rings. The minimum atomic E-state index is -4.02. The molecule has 9 atom stereocenters. The van der Waals surface area contributed by atoms with E-state index >= 15 is 0 Å². The molecular weight excluding hydrogens is 817 g/mol. The number of nitrogens with one attached hydrogen (secondary N) is 3. The Balaban J connectivity index is 1.24. The van der Waals surface area contributed by atoms with Crippen molar-refractivity contribution in [2.45, 2.75) is 147 Å². The SMILES string of the molecule is COc1ccc2c(O[C@@H]3C[C@H]4C(=O)N[C@]5(C(=O)NS(=O)(=O)C6(C)CC6)C[C@H]5/C=C\CC[C@@H](C)C[C@@H](C)[C@H](NC(=O)OC(C)(C)C)C(=O)N4C3)ncc(N3CC(C)OC(C)C3)c2c1. The summed E-state index contributed by atoms with van der Waals surface area (Å²) >= 11 is 0. The zero-order chi connectivity index (χ0) is 44.9. The number of hydrogen-bond acceptors (Lipinski definition) is 12. The Morgan fingerprint density at radius 1 is 1.02 bits per heavy atom. The van der Waals surface area contributed by atoms with Gasteiger partial charge in [0.1, 0.15) is 35.1 Å². The Labute approximate surface area is 365 Å². The predicted octanol–water partition coefficient (Wildman–Crippen LogP) is 4.98. The quantitative estimate of drug-likeness (QED) is 0.302. The number of benzene rings is 1. The molecule has 2 saturated heterocycles. The highest BCUT2D eigenvalue weighted by molar-refractivity contribution is 7.91. The summed E-state index contributed by atoms with van der Waals surface area (Å²) in [4.78, 5) is 65.6. The minimum Gasteiger partial charge on any atom is -0.497 e. The monoisotopic (exact) mass is 880 g/mol. The van der Waals surface area contributed by atoms with E-state index in [0.29, 0.717) is 55.8 Å². The number of nitrogens with zero attached hydrogens (tertiary/aromatic N) is 3. The number of fused-ring (bicyclic) bond motifs is 3. The van der Waals surface area contributed by atoms with Gasteiger partial charge in [-0.2, -0.15) is 0 Å². The summed E-state index contributed by atoms with van der Waals surface area (Å²) < 4.78 is 51.8. The van der Waals surface area contributed by atoms with Crippen LogP contribution < -0.4 is 29.7 Å². The Bertz CT molecular complexity index is 2200. The van der Waals surface area contributed by atoms with Crippen molar-refractivity contribution in [2.24, 2.45) is 17.8 Å². The van der Waals surface area contributed by atoms with Crippen molar-refractivity contribution < 1.29 is 46.5 Å². The van der Waals surface area contributed by atoms with Gasteiger partial charge in [-0.3, -0.25) is 19.1 Å². The molecule has 4 heterocycles. The predicted molar refractivity (Wildman–Crippen MR) is 233 cm³/mol. The van der Waals surface area contributed by atoms with E-state index in [2.05, 4.69) is 27.2 Å². The second-order valence-electron chi connectivity index (χ2n) is 19.6. The molecule has 17 heteroatoms. The van der Waals surface area contributed by atoms with Gasteiger partial charge in [-0.1, -0.05) is 26.0 Å². The molecule has 62 heavy (non-hydrogen) atoms. The van der Waals surface area contributed by atoms with E-state index in [1.807, 2.05) is 51.1 Å². The van der Waals surface area contributed by atoms with E-state index in [0.717, 1.165) is 17.5 Å². The highest BCUT2D eigenvalue weighted by Gasteiger charge is 2.63. The van der Waals surface area contributed by atoms with Crippen LogP contribution in [0.2, 0.25) is 0 Å². The van der Waals surface area contributed by atoms with Crippen LogP contribution in [0.5, 0.6) is 11.6 Å². The Morgan fingerprint density at radius 2 is 1.73 bits per heavy atom. The molecule has 0 radical (unpaired) electrons.